The minimum absolute atomic E-state index is 0.556. The molecule has 0 fully saturated rings. The van der Waals surface area contributed by atoms with Crippen LogP contribution in [0.15, 0.2) is 156 Å². The fraction of sp³-hybridized carbons (Fsp3) is 0.0238. The topological polar surface area (TPSA) is 61.0 Å². The van der Waals surface area contributed by atoms with Crippen molar-refractivity contribution in [2.75, 3.05) is 0 Å². The van der Waals surface area contributed by atoms with Crippen LogP contribution in [0.4, 0.5) is 0 Å². The summed E-state index contributed by atoms with van der Waals surface area (Å²) in [5.74, 6) is 3.46. The summed E-state index contributed by atoms with van der Waals surface area (Å²) in [6, 6.07) is 49.9. The van der Waals surface area contributed by atoms with Gasteiger partial charge in [-0.1, -0.05) is 121 Å². The van der Waals surface area contributed by atoms with Crippen molar-refractivity contribution in [3.63, 3.8) is 0 Å². The first-order valence-electron chi connectivity index (χ1n) is 15.7. The number of para-hydroxylation sites is 2. The van der Waals surface area contributed by atoms with E-state index in [2.05, 4.69) is 72.8 Å². The molecule has 0 amide bonds. The van der Waals surface area contributed by atoms with E-state index in [-0.39, 0.29) is 0 Å². The van der Waals surface area contributed by atoms with Gasteiger partial charge >= 0.3 is 0 Å². The molecule has 2 aliphatic rings. The number of aromatic nitrogens is 3. The first-order chi connectivity index (χ1) is 23.3. The maximum atomic E-state index is 6.56. The average molecular weight is 604 g/mol. The maximum Gasteiger partial charge on any atom is 0.167 e. The Kier molecular flexibility index (Phi) is 5.43. The lowest BCUT2D eigenvalue weighted by molar-refractivity contribution is 0.436. The molecule has 0 saturated heterocycles. The zero-order chi connectivity index (χ0) is 31.0. The molecule has 0 bridgehead atoms. The van der Waals surface area contributed by atoms with Crippen molar-refractivity contribution in [1.29, 1.82) is 0 Å². The van der Waals surface area contributed by atoms with Crippen LogP contribution in [0.25, 0.3) is 56.3 Å². The predicted octanol–water partition coefficient (Wildman–Crippen LogP) is 10.1. The van der Waals surface area contributed by atoms with Gasteiger partial charge in [0.15, 0.2) is 17.5 Å². The Hall–Kier alpha value is -6.33. The summed E-state index contributed by atoms with van der Waals surface area (Å²) < 4.78 is 12.9. The molecule has 8 aromatic rings. The van der Waals surface area contributed by atoms with Crippen LogP contribution < -0.4 is 4.74 Å². The van der Waals surface area contributed by atoms with Crippen LogP contribution in [0.3, 0.4) is 0 Å². The first kappa shape index (κ1) is 25.9. The summed E-state index contributed by atoms with van der Waals surface area (Å²) in [5, 5.41) is 1.02. The lowest BCUT2D eigenvalue weighted by Crippen LogP contribution is -2.32. The summed E-state index contributed by atoms with van der Waals surface area (Å²) in [5.41, 5.74) is 9.66. The molecule has 5 nitrogen and oxygen atoms in total. The lowest BCUT2D eigenvalue weighted by atomic mass is 9.66. The van der Waals surface area contributed by atoms with Crippen molar-refractivity contribution < 1.29 is 9.15 Å². The van der Waals surface area contributed by atoms with Gasteiger partial charge in [-0.25, -0.2) is 15.0 Å². The van der Waals surface area contributed by atoms with Crippen LogP contribution in [-0.2, 0) is 5.41 Å². The molecule has 0 radical (unpaired) electrons. The zero-order valence-corrected chi connectivity index (χ0v) is 25.1. The number of furan rings is 1. The van der Waals surface area contributed by atoms with Crippen LogP contribution in [0.1, 0.15) is 22.3 Å². The molecule has 0 unspecified atom stereocenters. The van der Waals surface area contributed by atoms with Gasteiger partial charge in [0.1, 0.15) is 17.1 Å². The minimum Gasteiger partial charge on any atom is -0.464 e. The molecular weight excluding hydrogens is 578 g/mol. The highest BCUT2D eigenvalue weighted by molar-refractivity contribution is 6.07. The molecule has 3 heterocycles. The molecule has 10 rings (SSSR count). The highest BCUT2D eigenvalue weighted by Gasteiger charge is 2.52. The van der Waals surface area contributed by atoms with Crippen molar-refractivity contribution in [3.8, 4) is 56.8 Å². The predicted molar refractivity (Wildman–Crippen MR) is 183 cm³/mol. The van der Waals surface area contributed by atoms with E-state index in [1.54, 1.807) is 6.26 Å². The standard InChI is InChI=1S/C42H25N3O2/c1-3-13-26(14-4-1)39-43-40(27-15-5-2-6-16-27)45-41(44-39)30-25-34-37(29-23-24-46-38(29)30)28-17-7-8-18-31(28)42(34)32-19-9-11-21-35(32)47-36-22-12-10-20-33(36)42/h1-25H. The quantitative estimate of drug-likeness (QED) is 0.201. The van der Waals surface area contributed by atoms with Crippen molar-refractivity contribution in [2.45, 2.75) is 5.41 Å². The van der Waals surface area contributed by atoms with Crippen LogP contribution >= 0.6 is 0 Å². The third-order valence-electron chi connectivity index (χ3n) is 9.48. The SMILES string of the molecule is c1ccc(-c2nc(-c3ccccc3)nc(-c3cc4c(c5ccoc35)-c3ccccc3C43c4ccccc4Oc4ccccc43)n2)cc1. The van der Waals surface area contributed by atoms with Gasteiger partial charge in [-0.15, -0.1) is 0 Å². The van der Waals surface area contributed by atoms with Gasteiger partial charge in [0.05, 0.1) is 17.2 Å². The van der Waals surface area contributed by atoms with Crippen molar-refractivity contribution in [2.24, 2.45) is 0 Å². The van der Waals surface area contributed by atoms with Gasteiger partial charge < -0.3 is 9.15 Å². The Bertz CT molecular complexity index is 2400. The van der Waals surface area contributed by atoms with E-state index in [0.29, 0.717) is 17.5 Å². The minimum atomic E-state index is -0.630. The molecule has 0 N–H and O–H groups in total. The second kappa shape index (κ2) is 9.83. The third kappa shape index (κ3) is 3.62. The summed E-state index contributed by atoms with van der Waals surface area (Å²) in [6.07, 6.45) is 1.77. The molecule has 2 aromatic heterocycles. The van der Waals surface area contributed by atoms with E-state index in [1.807, 2.05) is 72.8 Å². The molecule has 1 aliphatic carbocycles. The van der Waals surface area contributed by atoms with Crippen LogP contribution in [0, 0.1) is 0 Å². The molecule has 0 atom stereocenters. The summed E-state index contributed by atoms with van der Waals surface area (Å²) in [4.78, 5) is 15.2. The van der Waals surface area contributed by atoms with E-state index in [1.165, 1.54) is 11.1 Å². The summed E-state index contributed by atoms with van der Waals surface area (Å²) >= 11 is 0. The van der Waals surface area contributed by atoms with Gasteiger partial charge in [0.2, 0.25) is 0 Å². The number of benzene rings is 6. The number of ether oxygens (including phenoxy) is 1. The van der Waals surface area contributed by atoms with Gasteiger partial charge in [-0.2, -0.15) is 0 Å². The van der Waals surface area contributed by atoms with Crippen LogP contribution in [0.5, 0.6) is 11.5 Å². The lowest BCUT2D eigenvalue weighted by Gasteiger charge is -2.39. The summed E-state index contributed by atoms with van der Waals surface area (Å²) in [6.45, 7) is 0. The molecule has 1 spiro atoms. The van der Waals surface area contributed by atoms with E-state index in [0.717, 1.165) is 61.4 Å². The number of rotatable bonds is 3. The smallest absolute Gasteiger partial charge is 0.167 e. The largest absolute Gasteiger partial charge is 0.464 e. The number of fused-ring (bicyclic) bond motifs is 11. The number of hydrogen-bond acceptors (Lipinski definition) is 5. The van der Waals surface area contributed by atoms with Gasteiger partial charge in [0.25, 0.3) is 0 Å². The normalized spacial score (nSPS) is 13.4. The number of nitrogens with zero attached hydrogens (tertiary/aromatic N) is 3. The van der Waals surface area contributed by atoms with Crippen molar-refractivity contribution in [3.05, 3.63) is 174 Å². The Morgan fingerprint density at radius 1 is 0.447 bits per heavy atom. The monoisotopic (exact) mass is 603 g/mol. The van der Waals surface area contributed by atoms with E-state index in [4.69, 9.17) is 24.1 Å². The van der Waals surface area contributed by atoms with Gasteiger partial charge in [0, 0.05) is 27.6 Å². The number of hydrogen-bond donors (Lipinski definition) is 0. The molecule has 1 aliphatic heterocycles. The highest BCUT2D eigenvalue weighted by atomic mass is 16.5. The zero-order valence-electron chi connectivity index (χ0n) is 25.1. The first-order valence-corrected chi connectivity index (χ1v) is 15.7. The van der Waals surface area contributed by atoms with Crippen LogP contribution in [0.2, 0.25) is 0 Å². The van der Waals surface area contributed by atoms with E-state index >= 15 is 0 Å². The highest BCUT2D eigenvalue weighted by Crippen LogP contribution is 2.63. The Morgan fingerprint density at radius 3 is 1.62 bits per heavy atom. The van der Waals surface area contributed by atoms with E-state index < -0.39 is 5.41 Å². The Morgan fingerprint density at radius 2 is 0.979 bits per heavy atom. The average Bonchev–Trinajstić information content (AvgIpc) is 3.74. The molecule has 220 valence electrons. The van der Waals surface area contributed by atoms with Crippen molar-refractivity contribution >= 4 is 11.0 Å². The Balaban J connectivity index is 1.33. The van der Waals surface area contributed by atoms with Gasteiger partial charge in [-0.05, 0) is 46.5 Å². The van der Waals surface area contributed by atoms with Gasteiger partial charge in [-0.3, -0.25) is 0 Å². The second-order valence-corrected chi connectivity index (χ2v) is 11.9. The third-order valence-corrected chi connectivity index (χ3v) is 9.48. The van der Waals surface area contributed by atoms with E-state index in [9.17, 15) is 0 Å². The fourth-order valence-corrected chi connectivity index (χ4v) is 7.57. The van der Waals surface area contributed by atoms with Crippen LogP contribution in [-0.4, -0.2) is 15.0 Å². The maximum absolute atomic E-state index is 6.56. The van der Waals surface area contributed by atoms with Crippen molar-refractivity contribution in [1.82, 2.24) is 15.0 Å². The Labute approximate surface area is 270 Å². The summed E-state index contributed by atoms with van der Waals surface area (Å²) in [7, 11) is 0. The molecule has 5 heteroatoms. The molecule has 6 aromatic carbocycles. The molecule has 0 saturated carbocycles. The molecule has 47 heavy (non-hydrogen) atoms. The second-order valence-electron chi connectivity index (χ2n) is 11.9. The fourth-order valence-electron chi connectivity index (χ4n) is 7.57. The molecular formula is C42H25N3O2.